The molecule has 0 spiro atoms. The second kappa shape index (κ2) is 20.6. The summed E-state index contributed by atoms with van der Waals surface area (Å²) in [7, 11) is 0. The fourth-order valence-electron chi connectivity index (χ4n) is 10.6. The Hall–Kier alpha value is -6.35. The molecule has 1 fully saturated rings. The summed E-state index contributed by atoms with van der Waals surface area (Å²) in [6, 6.07) is 59.4. The van der Waals surface area contributed by atoms with Gasteiger partial charge in [0.05, 0.1) is 22.3 Å². The fraction of sp³-hybridized carbons (Fsp3) is 0.314. The number of fused-ring (bicyclic) bond motifs is 1. The monoisotopic (exact) mass is 1170 g/mol. The van der Waals surface area contributed by atoms with Crippen LogP contribution >= 0.6 is 0 Å². The summed E-state index contributed by atoms with van der Waals surface area (Å²) >= 11 is 0. The second-order valence-electron chi connectivity index (χ2n) is 24.7. The molecule has 75 heavy (non-hydrogen) atoms. The van der Waals surface area contributed by atoms with Gasteiger partial charge < -0.3 is 5.11 Å². The van der Waals surface area contributed by atoms with Gasteiger partial charge in [-0.3, -0.25) is 9.55 Å². The number of pyridine rings is 1. The van der Waals surface area contributed by atoms with E-state index in [0.717, 1.165) is 89.2 Å². The number of imidazole rings is 1. The molecule has 0 bridgehead atoms. The quantitative estimate of drug-likeness (QED) is 0.154. The van der Waals surface area contributed by atoms with Crippen LogP contribution < -0.4 is 0 Å². The molecule has 1 aliphatic carbocycles. The van der Waals surface area contributed by atoms with E-state index >= 15 is 0 Å². The van der Waals surface area contributed by atoms with Crippen LogP contribution in [0, 0.1) is 6.07 Å². The Labute approximate surface area is 464 Å². The third-order valence-corrected chi connectivity index (χ3v) is 15.2. The molecule has 0 unspecified atom stereocenters. The first-order chi connectivity index (χ1) is 35.8. The number of aromatic hydroxyl groups is 1. The fourth-order valence-corrected chi connectivity index (χ4v) is 10.6. The van der Waals surface area contributed by atoms with Gasteiger partial charge in [-0.15, -0.1) is 29.3 Å². The molecule has 2 heterocycles. The van der Waals surface area contributed by atoms with Gasteiger partial charge in [-0.05, 0) is 128 Å². The van der Waals surface area contributed by atoms with Gasteiger partial charge in [0, 0.05) is 46.8 Å². The van der Waals surface area contributed by atoms with Gasteiger partial charge >= 0.3 is 0 Å². The predicted octanol–water partition coefficient (Wildman–Crippen LogP) is 18.9. The molecular formula is C70H74N3OPt-. The zero-order chi connectivity index (χ0) is 54.2. The minimum absolute atomic E-state index is 0. The van der Waals surface area contributed by atoms with Crippen molar-refractivity contribution in [3.05, 3.63) is 203 Å². The van der Waals surface area contributed by atoms with E-state index in [9.17, 15) is 7.85 Å². The molecule has 0 saturated heterocycles. The van der Waals surface area contributed by atoms with Crippen LogP contribution in [-0.2, 0) is 42.7 Å². The number of phenolic OH excluding ortho intramolecular Hbond substituents is 1. The number of para-hydroxylation sites is 1. The van der Waals surface area contributed by atoms with E-state index in [4.69, 9.17) is 9.97 Å². The Bertz CT molecular complexity index is 3600. The van der Waals surface area contributed by atoms with E-state index in [1.165, 1.54) is 5.56 Å². The molecule has 386 valence electrons. The van der Waals surface area contributed by atoms with Gasteiger partial charge in [0.2, 0.25) is 0 Å². The van der Waals surface area contributed by atoms with Gasteiger partial charge in [0.1, 0.15) is 11.6 Å². The van der Waals surface area contributed by atoms with Gasteiger partial charge in [0.25, 0.3) is 0 Å². The van der Waals surface area contributed by atoms with Crippen molar-refractivity contribution in [2.45, 2.75) is 142 Å². The van der Waals surface area contributed by atoms with Gasteiger partial charge in [-0.25, -0.2) is 4.98 Å². The van der Waals surface area contributed by atoms with Crippen LogP contribution in [0.5, 0.6) is 5.75 Å². The first-order valence-corrected chi connectivity index (χ1v) is 26.6. The average Bonchev–Trinajstić information content (AvgIpc) is 3.86. The minimum Gasteiger partial charge on any atom is -0.507 e. The second-order valence-corrected chi connectivity index (χ2v) is 24.7. The van der Waals surface area contributed by atoms with E-state index in [0.29, 0.717) is 37.1 Å². The standard InChI is InChI=1S/C70H74N3O.Pt/c1-67(2,3)54-34-35-62(58(42-54)50-22-17-14-18-23-50)73-63-25-19-24-57(64(63)72-66(73)59-43-56(69(7,8)9)44-60(65(59)74)70(10,11)12)52-38-53(40-55(39-52)68(4,5)6)61-41-51(36-37-71-61)49-32-30-48(31-33-49)47-28-26-46(27-29-47)45-20-15-13-16-21-45;/h13-25,30-37,39-44,46-47,74H,26-29H2,1-12H3;/q-1;/i46D,47D;. The SMILES string of the molecule is [2H]C1(c2ccccc2)CCC([2H])(c2ccc(-c3ccnc(-c4[c-]c(-c5cccc6c5nc(-c5cc(C(C)(C)C)cc(C(C)(C)C)c5O)n6-c5ccc(C(C)(C)C)cc5-c5ccccc5)cc(C(C)(C)C)c4)c3)cc2)CC1.[Pt]. The molecular weight excluding hydrogens is 1090 g/mol. The van der Waals surface area contributed by atoms with Crippen LogP contribution in [0.1, 0.15) is 157 Å². The maximum absolute atomic E-state index is 12.6. The molecule has 10 rings (SSSR count). The summed E-state index contributed by atoms with van der Waals surface area (Å²) in [5.74, 6) is -0.474. The zero-order valence-electron chi connectivity index (χ0n) is 48.0. The summed E-state index contributed by atoms with van der Waals surface area (Å²) in [6.07, 6.45) is 4.49. The predicted molar refractivity (Wildman–Crippen MR) is 312 cm³/mol. The molecule has 7 aromatic carbocycles. The van der Waals surface area contributed by atoms with Crippen molar-refractivity contribution >= 4 is 11.0 Å². The van der Waals surface area contributed by atoms with Gasteiger partial charge in [-0.1, -0.05) is 209 Å². The summed E-state index contributed by atoms with van der Waals surface area (Å²) in [6.45, 7) is 26.7. The van der Waals surface area contributed by atoms with E-state index in [1.807, 2.05) is 24.4 Å². The molecule has 1 aliphatic rings. The molecule has 5 heteroatoms. The normalized spacial score (nSPS) is 17.8. The molecule has 1 saturated carbocycles. The summed E-state index contributed by atoms with van der Waals surface area (Å²) in [4.78, 5) is 10.7. The molecule has 2 aromatic heterocycles. The summed E-state index contributed by atoms with van der Waals surface area (Å²) in [5.41, 5.74) is 16.8. The smallest absolute Gasteiger partial charge is 0.148 e. The van der Waals surface area contributed by atoms with Gasteiger partial charge in [-0.2, -0.15) is 0 Å². The maximum Gasteiger partial charge on any atom is 0.148 e. The third kappa shape index (κ3) is 11.0. The average molecular weight is 1170 g/mol. The number of phenols is 1. The summed E-state index contributed by atoms with van der Waals surface area (Å²) < 4.78 is 21.1. The van der Waals surface area contributed by atoms with Crippen LogP contribution in [0.3, 0.4) is 0 Å². The van der Waals surface area contributed by atoms with Crippen molar-refractivity contribution in [1.29, 1.82) is 0 Å². The Morgan fingerprint density at radius 1 is 0.507 bits per heavy atom. The van der Waals surface area contributed by atoms with Crippen LogP contribution in [0.25, 0.3) is 72.7 Å². The molecule has 4 nitrogen and oxygen atoms in total. The topological polar surface area (TPSA) is 50.9 Å². The number of benzene rings is 7. The van der Waals surface area contributed by atoms with Crippen LogP contribution in [0.2, 0.25) is 0 Å². The number of hydrogen-bond donors (Lipinski definition) is 1. The first kappa shape index (κ1) is 50.8. The van der Waals surface area contributed by atoms with Crippen molar-refractivity contribution in [2.75, 3.05) is 0 Å². The summed E-state index contributed by atoms with van der Waals surface area (Å²) in [5, 5.41) is 12.6. The Morgan fingerprint density at radius 3 is 1.69 bits per heavy atom. The van der Waals surface area contributed by atoms with E-state index < -0.39 is 11.8 Å². The Kier molecular flexibility index (Phi) is 14.0. The van der Waals surface area contributed by atoms with Crippen molar-refractivity contribution in [2.24, 2.45) is 0 Å². The van der Waals surface area contributed by atoms with E-state index in [1.54, 1.807) is 0 Å². The first-order valence-electron chi connectivity index (χ1n) is 27.6. The molecule has 0 aliphatic heterocycles. The molecule has 0 atom stereocenters. The van der Waals surface area contributed by atoms with Crippen LogP contribution in [0.4, 0.5) is 0 Å². The van der Waals surface area contributed by atoms with Gasteiger partial charge in [0.15, 0.2) is 0 Å². The van der Waals surface area contributed by atoms with Crippen molar-refractivity contribution in [1.82, 2.24) is 14.5 Å². The van der Waals surface area contributed by atoms with Crippen molar-refractivity contribution < 1.29 is 28.9 Å². The zero-order valence-corrected chi connectivity index (χ0v) is 48.3. The Balaban J connectivity index is 0.00000722. The van der Waals surface area contributed by atoms with E-state index in [2.05, 4.69) is 233 Å². The van der Waals surface area contributed by atoms with Crippen LogP contribution in [0.15, 0.2) is 164 Å². The maximum atomic E-state index is 12.6. The largest absolute Gasteiger partial charge is 0.507 e. The number of rotatable bonds is 8. The minimum atomic E-state index is -0.729. The van der Waals surface area contributed by atoms with Crippen molar-refractivity contribution in [3.63, 3.8) is 0 Å². The van der Waals surface area contributed by atoms with Crippen LogP contribution in [-0.4, -0.2) is 19.6 Å². The molecule has 0 radical (unpaired) electrons. The Morgan fingerprint density at radius 2 is 1.08 bits per heavy atom. The number of nitrogens with zero attached hydrogens (tertiary/aromatic N) is 3. The molecule has 9 aromatic rings. The third-order valence-electron chi connectivity index (χ3n) is 15.2. The molecule has 1 N–H and O–H groups in total. The number of aromatic nitrogens is 3. The molecule has 0 amide bonds. The van der Waals surface area contributed by atoms with E-state index in [-0.39, 0.29) is 48.5 Å². The van der Waals surface area contributed by atoms with Crippen molar-refractivity contribution in [3.8, 4) is 67.5 Å². The number of hydrogen-bond acceptors (Lipinski definition) is 3.